The van der Waals surface area contributed by atoms with Crippen LogP contribution < -0.4 is 10.6 Å². The Morgan fingerprint density at radius 3 is 2.17 bits per heavy atom. The zero-order valence-electron chi connectivity index (χ0n) is 12.1. The molecule has 0 unspecified atom stereocenters. The molecule has 1 atom stereocenters. The van der Waals surface area contributed by atoms with E-state index in [0.717, 1.165) is 25.7 Å². The molecule has 1 aromatic rings. The van der Waals surface area contributed by atoms with Crippen LogP contribution in [0.15, 0.2) is 24.3 Å². The molecule has 0 radical (unpaired) electrons. The van der Waals surface area contributed by atoms with Crippen LogP contribution in [-0.2, 0) is 4.79 Å². The van der Waals surface area contributed by atoms with Crippen LogP contribution >= 0.6 is 0 Å². The number of benzene rings is 1. The van der Waals surface area contributed by atoms with E-state index in [9.17, 15) is 27.2 Å². The maximum Gasteiger partial charge on any atom is 0.428 e. The van der Waals surface area contributed by atoms with E-state index >= 15 is 0 Å². The molecular weight excluding hydrogens is 316 g/mol. The molecule has 1 fully saturated rings. The van der Waals surface area contributed by atoms with Gasteiger partial charge < -0.3 is 10.6 Å². The molecule has 1 aliphatic rings. The standard InChI is InChI=1S/C15H16F4N2O2/c16-12(15(17,18)19)14(23)21-11-7-5-9(6-8-11)13(22)20-10-3-1-2-4-10/h5-8,10,12H,1-4H2,(H,20,22)(H,21,23)/t12-/m1/s1. The lowest BCUT2D eigenvalue weighted by Gasteiger charge is -2.13. The van der Waals surface area contributed by atoms with Gasteiger partial charge in [-0.25, -0.2) is 4.39 Å². The summed E-state index contributed by atoms with van der Waals surface area (Å²) < 4.78 is 49.1. The van der Waals surface area contributed by atoms with Crippen molar-refractivity contribution in [1.82, 2.24) is 5.32 Å². The Labute approximate surface area is 130 Å². The lowest BCUT2D eigenvalue weighted by molar-refractivity contribution is -0.183. The van der Waals surface area contributed by atoms with E-state index in [4.69, 9.17) is 0 Å². The second-order valence-corrected chi connectivity index (χ2v) is 5.43. The predicted octanol–water partition coefficient (Wildman–Crippen LogP) is 3.20. The van der Waals surface area contributed by atoms with E-state index in [1.165, 1.54) is 24.3 Å². The number of hydrogen-bond donors (Lipinski definition) is 2. The molecule has 0 aromatic heterocycles. The topological polar surface area (TPSA) is 58.2 Å². The van der Waals surface area contributed by atoms with Crippen LogP contribution in [0.3, 0.4) is 0 Å². The van der Waals surface area contributed by atoms with Crippen LogP contribution in [-0.4, -0.2) is 30.2 Å². The molecule has 4 nitrogen and oxygen atoms in total. The molecule has 0 saturated heterocycles. The smallest absolute Gasteiger partial charge is 0.349 e. The fourth-order valence-electron chi connectivity index (χ4n) is 2.40. The fourth-order valence-corrected chi connectivity index (χ4v) is 2.40. The van der Waals surface area contributed by atoms with Gasteiger partial charge in [0.15, 0.2) is 0 Å². The lowest BCUT2D eigenvalue weighted by atomic mass is 10.1. The van der Waals surface area contributed by atoms with Gasteiger partial charge in [-0.1, -0.05) is 12.8 Å². The van der Waals surface area contributed by atoms with Crippen molar-refractivity contribution in [2.24, 2.45) is 0 Å². The van der Waals surface area contributed by atoms with Gasteiger partial charge in [0.25, 0.3) is 18.0 Å². The number of anilines is 1. The molecule has 1 saturated carbocycles. The van der Waals surface area contributed by atoms with Crippen LogP contribution in [0.25, 0.3) is 0 Å². The average Bonchev–Trinajstić information content (AvgIpc) is 2.99. The van der Waals surface area contributed by atoms with Gasteiger partial charge in [-0.3, -0.25) is 9.59 Å². The Morgan fingerprint density at radius 2 is 1.65 bits per heavy atom. The van der Waals surface area contributed by atoms with Crippen molar-refractivity contribution < 1.29 is 27.2 Å². The Morgan fingerprint density at radius 1 is 1.09 bits per heavy atom. The van der Waals surface area contributed by atoms with Crippen LogP contribution in [0.4, 0.5) is 23.2 Å². The van der Waals surface area contributed by atoms with E-state index in [1.54, 1.807) is 0 Å². The SMILES string of the molecule is O=C(NC1CCCC1)c1ccc(NC(=O)[C@@H](F)C(F)(F)F)cc1. The Bertz CT molecular complexity index is 566. The zero-order valence-corrected chi connectivity index (χ0v) is 12.1. The summed E-state index contributed by atoms with van der Waals surface area (Å²) in [6.07, 6.45) is -4.85. The van der Waals surface area contributed by atoms with Gasteiger partial charge in [0.05, 0.1) is 0 Å². The molecule has 0 aliphatic heterocycles. The number of carbonyl (C=O) groups excluding carboxylic acids is 2. The van der Waals surface area contributed by atoms with Crippen molar-refractivity contribution in [1.29, 1.82) is 0 Å². The molecule has 0 heterocycles. The summed E-state index contributed by atoms with van der Waals surface area (Å²) in [6, 6.07) is 5.37. The second kappa shape index (κ2) is 6.97. The highest BCUT2D eigenvalue weighted by Crippen LogP contribution is 2.24. The highest BCUT2D eigenvalue weighted by Gasteiger charge is 2.45. The van der Waals surface area contributed by atoms with Crippen molar-refractivity contribution in [2.45, 2.75) is 44.1 Å². The van der Waals surface area contributed by atoms with Gasteiger partial charge in [-0.05, 0) is 37.1 Å². The predicted molar refractivity (Wildman–Crippen MR) is 75.7 cm³/mol. The van der Waals surface area contributed by atoms with Crippen molar-refractivity contribution in [3.63, 3.8) is 0 Å². The quantitative estimate of drug-likeness (QED) is 0.832. The minimum Gasteiger partial charge on any atom is -0.349 e. The summed E-state index contributed by atoms with van der Waals surface area (Å²) in [5.74, 6) is -2.07. The van der Waals surface area contributed by atoms with Gasteiger partial charge in [0, 0.05) is 17.3 Å². The van der Waals surface area contributed by atoms with Crippen molar-refractivity contribution >= 4 is 17.5 Å². The highest BCUT2D eigenvalue weighted by atomic mass is 19.4. The van der Waals surface area contributed by atoms with Gasteiger partial charge in [0.1, 0.15) is 0 Å². The van der Waals surface area contributed by atoms with E-state index in [-0.39, 0.29) is 17.6 Å². The van der Waals surface area contributed by atoms with Gasteiger partial charge >= 0.3 is 6.18 Å². The normalized spacial score (nSPS) is 16.9. The van der Waals surface area contributed by atoms with Crippen LogP contribution in [0, 0.1) is 0 Å². The summed E-state index contributed by atoms with van der Waals surface area (Å²) in [5, 5.41) is 4.68. The number of halogens is 4. The molecule has 2 rings (SSSR count). The molecule has 2 N–H and O–H groups in total. The van der Waals surface area contributed by atoms with Crippen molar-refractivity contribution in [3.8, 4) is 0 Å². The molecule has 23 heavy (non-hydrogen) atoms. The average molecular weight is 332 g/mol. The third kappa shape index (κ3) is 4.67. The zero-order chi connectivity index (χ0) is 17.0. The van der Waals surface area contributed by atoms with E-state index < -0.39 is 18.3 Å². The molecule has 0 spiro atoms. The number of alkyl halides is 4. The maximum atomic E-state index is 12.8. The lowest BCUT2D eigenvalue weighted by Crippen LogP contribution is -2.36. The third-order valence-corrected chi connectivity index (χ3v) is 3.62. The molecule has 8 heteroatoms. The molecular formula is C15H16F4N2O2. The fraction of sp³-hybridized carbons (Fsp3) is 0.467. The highest BCUT2D eigenvalue weighted by molar-refractivity contribution is 5.97. The summed E-state index contributed by atoms with van der Waals surface area (Å²) in [6.45, 7) is 0. The second-order valence-electron chi connectivity index (χ2n) is 5.43. The summed E-state index contributed by atoms with van der Waals surface area (Å²) in [5.41, 5.74) is 0.307. The third-order valence-electron chi connectivity index (χ3n) is 3.62. The number of hydrogen-bond acceptors (Lipinski definition) is 2. The van der Waals surface area contributed by atoms with Crippen molar-refractivity contribution in [3.05, 3.63) is 29.8 Å². The van der Waals surface area contributed by atoms with Crippen LogP contribution in [0.2, 0.25) is 0 Å². The van der Waals surface area contributed by atoms with E-state index in [1.807, 2.05) is 5.32 Å². The van der Waals surface area contributed by atoms with E-state index in [0.29, 0.717) is 5.56 Å². The Kier molecular flexibility index (Phi) is 5.23. The molecule has 2 amide bonds. The largest absolute Gasteiger partial charge is 0.428 e. The first kappa shape index (κ1) is 17.2. The Balaban J connectivity index is 1.93. The number of carbonyl (C=O) groups is 2. The number of rotatable bonds is 4. The maximum absolute atomic E-state index is 12.8. The molecule has 0 bridgehead atoms. The molecule has 1 aromatic carbocycles. The van der Waals surface area contributed by atoms with E-state index in [2.05, 4.69) is 5.32 Å². The number of nitrogens with one attached hydrogen (secondary N) is 2. The molecule has 126 valence electrons. The van der Waals surface area contributed by atoms with Gasteiger partial charge in [-0.2, -0.15) is 13.2 Å². The van der Waals surface area contributed by atoms with Gasteiger partial charge in [-0.15, -0.1) is 0 Å². The van der Waals surface area contributed by atoms with Crippen molar-refractivity contribution in [2.75, 3.05) is 5.32 Å². The van der Waals surface area contributed by atoms with Crippen LogP contribution in [0.1, 0.15) is 36.0 Å². The minimum atomic E-state index is -5.24. The Hall–Kier alpha value is -2.12. The summed E-state index contributed by atoms with van der Waals surface area (Å²) >= 11 is 0. The first-order chi connectivity index (χ1) is 10.8. The van der Waals surface area contributed by atoms with Crippen LogP contribution in [0.5, 0.6) is 0 Å². The minimum absolute atomic E-state index is 0.0145. The van der Waals surface area contributed by atoms with Gasteiger partial charge in [0.2, 0.25) is 0 Å². The monoisotopic (exact) mass is 332 g/mol. The summed E-state index contributed by atoms with van der Waals surface area (Å²) in [7, 11) is 0. The number of amides is 2. The molecule has 1 aliphatic carbocycles. The first-order valence-corrected chi connectivity index (χ1v) is 7.20. The first-order valence-electron chi connectivity index (χ1n) is 7.20. The summed E-state index contributed by atoms with van der Waals surface area (Å²) in [4.78, 5) is 23.1.